The van der Waals surface area contributed by atoms with Gasteiger partial charge in [0, 0.05) is 11.6 Å². The molecule has 1 aliphatic heterocycles. The first-order chi connectivity index (χ1) is 13.0. The molecule has 2 aromatic carbocycles. The minimum atomic E-state index is -1.08. The fraction of sp³-hybridized carbons (Fsp3) is 0.200. The van der Waals surface area contributed by atoms with Gasteiger partial charge in [-0.1, -0.05) is 6.07 Å². The lowest BCUT2D eigenvalue weighted by atomic mass is 9.91. The van der Waals surface area contributed by atoms with Gasteiger partial charge < -0.3 is 29.2 Å². The van der Waals surface area contributed by atoms with E-state index in [1.165, 1.54) is 26.4 Å². The number of methoxy groups -OCH3 is 2. The van der Waals surface area contributed by atoms with E-state index in [-0.39, 0.29) is 11.5 Å². The summed E-state index contributed by atoms with van der Waals surface area (Å²) in [4.78, 5) is 22.6. The van der Waals surface area contributed by atoms with E-state index >= 15 is 0 Å². The topological polar surface area (TPSA) is 102 Å². The maximum Gasteiger partial charge on any atom is 0.328 e. The number of benzene rings is 2. The number of ether oxygens (including phenoxy) is 3. The summed E-state index contributed by atoms with van der Waals surface area (Å²) in [6.45, 7) is 0. The van der Waals surface area contributed by atoms with Crippen molar-refractivity contribution in [3.05, 3.63) is 53.1 Å². The van der Waals surface area contributed by atoms with Crippen molar-refractivity contribution >= 4 is 18.3 Å². The molecule has 140 valence electrons. The van der Waals surface area contributed by atoms with E-state index in [4.69, 9.17) is 19.3 Å². The number of carbonyl (C=O) groups excluding carboxylic acids is 1. The molecule has 27 heavy (non-hydrogen) atoms. The van der Waals surface area contributed by atoms with Crippen LogP contribution in [0.4, 0.5) is 0 Å². The van der Waals surface area contributed by atoms with E-state index in [1.54, 1.807) is 24.3 Å². The second-order valence-electron chi connectivity index (χ2n) is 5.94. The van der Waals surface area contributed by atoms with E-state index in [0.717, 1.165) is 12.4 Å². The van der Waals surface area contributed by atoms with E-state index in [0.29, 0.717) is 28.2 Å². The smallest absolute Gasteiger partial charge is 0.328 e. The molecule has 0 amide bonds. The Bertz CT molecular complexity index is 917. The molecule has 2 atom stereocenters. The van der Waals surface area contributed by atoms with Gasteiger partial charge in [0.15, 0.2) is 23.0 Å². The normalized spacial score (nSPS) is 18.0. The number of aromatic hydroxyl groups is 1. The van der Waals surface area contributed by atoms with Gasteiger partial charge in [-0.3, -0.25) is 0 Å². The second-order valence-corrected chi connectivity index (χ2v) is 5.94. The van der Waals surface area contributed by atoms with E-state index in [2.05, 4.69) is 0 Å². The molecule has 0 fully saturated rings. The summed E-state index contributed by atoms with van der Waals surface area (Å²) >= 11 is 0. The summed E-state index contributed by atoms with van der Waals surface area (Å²) in [5.41, 5.74) is 1.83. The Hall–Kier alpha value is -3.48. The van der Waals surface area contributed by atoms with Gasteiger partial charge in [0.25, 0.3) is 0 Å². The van der Waals surface area contributed by atoms with Crippen LogP contribution in [0.1, 0.15) is 28.7 Å². The van der Waals surface area contributed by atoms with Crippen molar-refractivity contribution in [1.82, 2.24) is 0 Å². The lowest BCUT2D eigenvalue weighted by Gasteiger charge is -2.16. The van der Waals surface area contributed by atoms with Crippen molar-refractivity contribution in [1.29, 1.82) is 0 Å². The van der Waals surface area contributed by atoms with Crippen LogP contribution in [0, 0.1) is 0 Å². The number of hydrogen-bond donors (Lipinski definition) is 2. The van der Waals surface area contributed by atoms with Gasteiger partial charge in [0.2, 0.25) is 0 Å². The number of phenolic OH excluding ortho intramolecular Hbond substituents is 1. The van der Waals surface area contributed by atoms with Gasteiger partial charge in [0.05, 0.1) is 20.1 Å². The lowest BCUT2D eigenvalue weighted by Crippen LogP contribution is -2.11. The van der Waals surface area contributed by atoms with Crippen LogP contribution in [0.3, 0.4) is 0 Å². The maximum atomic E-state index is 11.8. The molecule has 2 aromatic rings. The molecule has 7 nitrogen and oxygen atoms in total. The molecular weight excluding hydrogens is 352 g/mol. The third kappa shape index (κ3) is 3.44. The molecule has 0 saturated carbocycles. The van der Waals surface area contributed by atoms with Crippen molar-refractivity contribution in [3.8, 4) is 23.0 Å². The highest BCUT2D eigenvalue weighted by molar-refractivity contribution is 5.86. The summed E-state index contributed by atoms with van der Waals surface area (Å²) in [6, 6.07) is 8.08. The van der Waals surface area contributed by atoms with E-state index in [9.17, 15) is 14.7 Å². The first kappa shape index (κ1) is 18.3. The van der Waals surface area contributed by atoms with Crippen molar-refractivity contribution in [3.63, 3.8) is 0 Å². The van der Waals surface area contributed by atoms with E-state index in [1.807, 2.05) is 0 Å². The van der Waals surface area contributed by atoms with Crippen LogP contribution in [-0.2, 0) is 9.59 Å². The van der Waals surface area contributed by atoms with Gasteiger partial charge in [-0.05, 0) is 41.5 Å². The predicted octanol–water partition coefficient (Wildman–Crippen LogP) is 2.92. The maximum absolute atomic E-state index is 11.8. The van der Waals surface area contributed by atoms with Crippen molar-refractivity contribution in [2.75, 3.05) is 14.2 Å². The summed E-state index contributed by atoms with van der Waals surface area (Å²) in [7, 11) is 2.90. The molecule has 2 N–H and O–H groups in total. The first-order valence-corrected chi connectivity index (χ1v) is 8.10. The van der Waals surface area contributed by atoms with Crippen LogP contribution in [0.5, 0.6) is 23.0 Å². The van der Waals surface area contributed by atoms with Gasteiger partial charge in [-0.25, -0.2) is 4.79 Å². The zero-order valence-electron chi connectivity index (χ0n) is 14.7. The van der Waals surface area contributed by atoms with Crippen LogP contribution in [0.25, 0.3) is 6.08 Å². The number of aldehydes is 1. The third-order valence-corrected chi connectivity index (χ3v) is 4.35. The largest absolute Gasteiger partial charge is 0.504 e. The Morgan fingerprint density at radius 3 is 2.52 bits per heavy atom. The predicted molar refractivity (Wildman–Crippen MR) is 96.5 cm³/mol. The van der Waals surface area contributed by atoms with Crippen LogP contribution in [0.2, 0.25) is 0 Å². The number of carboxylic acids is 1. The molecule has 0 spiro atoms. The van der Waals surface area contributed by atoms with Gasteiger partial charge in [0.1, 0.15) is 12.4 Å². The number of phenols is 1. The molecule has 0 radical (unpaired) electrons. The zero-order chi connectivity index (χ0) is 19.6. The highest BCUT2D eigenvalue weighted by Crippen LogP contribution is 2.50. The molecule has 2 unspecified atom stereocenters. The highest BCUT2D eigenvalue weighted by atomic mass is 16.5. The molecule has 1 heterocycles. The Morgan fingerprint density at radius 1 is 1.15 bits per heavy atom. The quantitative estimate of drug-likeness (QED) is 0.595. The van der Waals surface area contributed by atoms with Gasteiger partial charge in [-0.15, -0.1) is 0 Å². The Morgan fingerprint density at radius 2 is 1.89 bits per heavy atom. The Labute approximate surface area is 155 Å². The van der Waals surface area contributed by atoms with E-state index < -0.39 is 18.0 Å². The number of rotatable bonds is 6. The first-order valence-electron chi connectivity index (χ1n) is 8.10. The summed E-state index contributed by atoms with van der Waals surface area (Å²) in [5, 5.41) is 18.6. The summed E-state index contributed by atoms with van der Waals surface area (Å²) < 4.78 is 16.5. The summed E-state index contributed by atoms with van der Waals surface area (Å²) in [5.74, 6) is -0.614. The average Bonchev–Trinajstić information content (AvgIpc) is 3.04. The second kappa shape index (κ2) is 7.41. The van der Waals surface area contributed by atoms with Crippen LogP contribution >= 0.6 is 0 Å². The number of aliphatic carboxylic acids is 1. The highest BCUT2D eigenvalue weighted by Gasteiger charge is 2.38. The molecule has 0 bridgehead atoms. The standard InChI is InChI=1S/C20H18O7/c1-25-16-9-12(4-5-15(16)22)19-14(10-21)13-7-11(3-6-18(23)24)8-17(26-2)20(13)27-19/h3-10,14,19,22H,1-2H3,(H,23,24)/b6-3+. The lowest BCUT2D eigenvalue weighted by molar-refractivity contribution is -0.131. The van der Waals surface area contributed by atoms with Crippen molar-refractivity contribution in [2.45, 2.75) is 12.0 Å². The monoisotopic (exact) mass is 370 g/mol. The van der Waals surface area contributed by atoms with Crippen molar-refractivity contribution < 1.29 is 34.0 Å². The fourth-order valence-corrected chi connectivity index (χ4v) is 3.09. The number of fused-ring (bicyclic) bond motifs is 1. The molecular formula is C20H18O7. The third-order valence-electron chi connectivity index (χ3n) is 4.35. The Balaban J connectivity index is 2.06. The molecule has 7 heteroatoms. The number of hydrogen-bond acceptors (Lipinski definition) is 6. The van der Waals surface area contributed by atoms with Gasteiger partial charge >= 0.3 is 5.97 Å². The molecule has 1 aliphatic rings. The minimum absolute atomic E-state index is 0.0157. The fourth-order valence-electron chi connectivity index (χ4n) is 3.09. The SMILES string of the molecule is COc1cc(C2Oc3c(OC)cc(/C=C/C(=O)O)cc3C2C=O)ccc1O. The number of carboxylic acid groups (broad SMARTS) is 1. The zero-order valence-corrected chi connectivity index (χ0v) is 14.7. The molecule has 0 aliphatic carbocycles. The molecule has 3 rings (SSSR count). The minimum Gasteiger partial charge on any atom is -0.504 e. The number of carbonyl (C=O) groups is 2. The van der Waals surface area contributed by atoms with Crippen LogP contribution < -0.4 is 14.2 Å². The van der Waals surface area contributed by atoms with Crippen molar-refractivity contribution in [2.24, 2.45) is 0 Å². The summed E-state index contributed by atoms with van der Waals surface area (Å²) in [6.07, 6.45) is 2.58. The molecule has 0 saturated heterocycles. The van der Waals surface area contributed by atoms with Gasteiger partial charge in [-0.2, -0.15) is 0 Å². The van der Waals surface area contributed by atoms with Crippen LogP contribution in [0.15, 0.2) is 36.4 Å². The Kier molecular flexibility index (Phi) is 5.03. The molecule has 0 aromatic heterocycles. The van der Waals surface area contributed by atoms with Crippen LogP contribution in [-0.4, -0.2) is 36.7 Å². The average molecular weight is 370 g/mol.